The number of allylic oxidation sites excluding steroid dienone is 3. The number of methoxy groups -OCH3 is 2. The second-order valence-electron chi connectivity index (χ2n) is 28.4. The van der Waals surface area contributed by atoms with Gasteiger partial charge in [-0.15, -0.1) is 19.7 Å². The zero-order valence-electron chi connectivity index (χ0n) is 61.9. The molecule has 0 spiro atoms. The van der Waals surface area contributed by atoms with Crippen molar-refractivity contribution in [2.45, 2.75) is 80.8 Å². The highest BCUT2D eigenvalue weighted by atomic mass is 35.5. The van der Waals surface area contributed by atoms with Crippen LogP contribution in [0.3, 0.4) is 0 Å². The molecular formula is C86H82Cl4F8O14S. The Morgan fingerprint density at radius 1 is 0.496 bits per heavy atom. The fourth-order valence-electron chi connectivity index (χ4n) is 15.5. The number of aliphatic hydroxyl groups excluding tert-OH is 2. The standard InChI is InChI=1S/C25H27ClF2O3.C24H23ClF2O5.C22H23ClF2O3.C15H9ClF2O3S/c1-4-11-25(14-30-24(2,3)31-15-25)19-13-29-23-21(28)10-9-20(27)22(23)18(19)12-16-5-7-17(26)8-6-16;1-4-11-24(22(28)30-2,23(29)31-3)17-13-32-21-19(27)10-9-18(26)20(21)16(17)12-14-5-7-15(25)8-6-14;1-2-9-22(12-26,13-27)17-11-28-21-19(25)8-7-18(24)20(21)16(17)10-14-3-5-15(23)6-4-14;16-9-1-3-10(4-2-9)22(19,20)13-7-8-21-15-12(18)6-5-11(17)14(13)15/h4-10,18-19H,1,11-15H2,2-3H3;4-10,16-17H,1,11-13H2,2-3H3;2-8,16-17,26-27H,1,9-13H2;1-7H,8H2. The Bertz CT molecular complexity index is 4890. The van der Waals surface area contributed by atoms with Crippen molar-refractivity contribution in [3.63, 3.8) is 0 Å². The molecule has 5 aliphatic heterocycles. The number of rotatable bonds is 21. The van der Waals surface area contributed by atoms with Crippen molar-refractivity contribution < 1.29 is 101 Å². The van der Waals surface area contributed by atoms with E-state index in [4.69, 9.17) is 84.3 Å². The highest BCUT2D eigenvalue weighted by Gasteiger charge is 2.59. The molecule has 0 aliphatic carbocycles. The van der Waals surface area contributed by atoms with Gasteiger partial charge in [0, 0.05) is 83.1 Å². The van der Waals surface area contributed by atoms with Crippen molar-refractivity contribution in [2.75, 3.05) is 67.1 Å². The molecule has 1 fully saturated rings. The molecule has 0 saturated carbocycles. The van der Waals surface area contributed by atoms with Crippen LogP contribution in [0, 0.1) is 80.5 Å². The van der Waals surface area contributed by atoms with Crippen LogP contribution in [0.4, 0.5) is 35.1 Å². The third kappa shape index (κ3) is 18.6. The molecule has 6 unspecified atom stereocenters. The second kappa shape index (κ2) is 37.2. The van der Waals surface area contributed by atoms with E-state index in [0.717, 1.165) is 73.4 Å². The normalized spacial score (nSPS) is 19.1. The van der Waals surface area contributed by atoms with Gasteiger partial charge in [0.2, 0.25) is 9.84 Å². The molecule has 1 saturated heterocycles. The molecule has 600 valence electrons. The zero-order valence-corrected chi connectivity index (χ0v) is 65.7. The van der Waals surface area contributed by atoms with Crippen LogP contribution in [0.15, 0.2) is 195 Å². The summed E-state index contributed by atoms with van der Waals surface area (Å²) < 4.78 is 186. The van der Waals surface area contributed by atoms with Crippen LogP contribution in [0.1, 0.15) is 89.8 Å². The third-order valence-corrected chi connectivity index (χ3v) is 24.2. The Labute approximate surface area is 670 Å². The lowest BCUT2D eigenvalue weighted by atomic mass is 9.63. The first-order valence-electron chi connectivity index (χ1n) is 35.8. The van der Waals surface area contributed by atoms with Crippen LogP contribution in [0.5, 0.6) is 23.0 Å². The van der Waals surface area contributed by atoms with Gasteiger partial charge in [0.15, 0.2) is 57.5 Å². The number of esters is 2. The van der Waals surface area contributed by atoms with Crippen molar-refractivity contribution in [3.05, 3.63) is 295 Å². The van der Waals surface area contributed by atoms with Crippen molar-refractivity contribution >= 4 is 73.1 Å². The predicted octanol–water partition coefficient (Wildman–Crippen LogP) is 19.5. The summed E-state index contributed by atoms with van der Waals surface area (Å²) in [6.45, 7) is 15.1. The molecule has 5 heterocycles. The van der Waals surface area contributed by atoms with Crippen LogP contribution >= 0.6 is 46.4 Å². The molecule has 13 rings (SSSR count). The van der Waals surface area contributed by atoms with E-state index in [-0.39, 0.29) is 114 Å². The number of carbonyl (C=O) groups excluding carboxylic acids is 2. The van der Waals surface area contributed by atoms with Gasteiger partial charge in [-0.2, -0.15) is 0 Å². The Hall–Kier alpha value is -8.75. The highest BCUT2D eigenvalue weighted by molar-refractivity contribution is 8.00. The van der Waals surface area contributed by atoms with E-state index in [1.54, 1.807) is 42.5 Å². The Balaban J connectivity index is 0.000000161. The minimum absolute atomic E-state index is 0.00180. The minimum Gasteiger partial charge on any atom is -0.490 e. The summed E-state index contributed by atoms with van der Waals surface area (Å²) in [7, 11) is -1.72. The summed E-state index contributed by atoms with van der Waals surface area (Å²) in [5.41, 5.74) is -0.677. The van der Waals surface area contributed by atoms with Crippen molar-refractivity contribution in [1.82, 2.24) is 0 Å². The molecule has 5 aliphatic rings. The number of benzene rings is 8. The van der Waals surface area contributed by atoms with Gasteiger partial charge in [0.05, 0.1) is 75.8 Å². The molecule has 6 atom stereocenters. The highest BCUT2D eigenvalue weighted by Crippen LogP contribution is 2.55. The van der Waals surface area contributed by atoms with E-state index in [2.05, 4.69) is 19.7 Å². The summed E-state index contributed by atoms with van der Waals surface area (Å²) in [5.74, 6) is -11.6. The molecule has 27 heteroatoms. The van der Waals surface area contributed by atoms with Gasteiger partial charge >= 0.3 is 11.9 Å². The van der Waals surface area contributed by atoms with E-state index < -0.39 is 120 Å². The number of halogens is 12. The summed E-state index contributed by atoms with van der Waals surface area (Å²) in [4.78, 5) is 25.7. The molecule has 8 aromatic rings. The summed E-state index contributed by atoms with van der Waals surface area (Å²) in [6, 6.07) is 35.0. The Kier molecular flexibility index (Phi) is 28.6. The molecule has 113 heavy (non-hydrogen) atoms. The predicted molar refractivity (Wildman–Crippen MR) is 414 cm³/mol. The number of ether oxygens (including phenoxy) is 8. The lowest BCUT2D eigenvalue weighted by Crippen LogP contribution is -2.54. The van der Waals surface area contributed by atoms with Gasteiger partial charge in [0.1, 0.15) is 29.9 Å². The van der Waals surface area contributed by atoms with Crippen molar-refractivity contribution in [3.8, 4) is 23.0 Å². The van der Waals surface area contributed by atoms with Gasteiger partial charge < -0.3 is 48.1 Å². The quantitative estimate of drug-likeness (QED) is 0.0300. The Morgan fingerprint density at radius 3 is 1.28 bits per heavy atom. The molecule has 0 aromatic heterocycles. The molecule has 0 amide bonds. The number of aliphatic hydroxyl groups is 2. The smallest absolute Gasteiger partial charge is 0.323 e. The zero-order chi connectivity index (χ0) is 81.9. The van der Waals surface area contributed by atoms with Crippen LogP contribution < -0.4 is 18.9 Å². The fraction of sp³-hybridized carbons (Fsp3) is 0.326. The summed E-state index contributed by atoms with van der Waals surface area (Å²) in [5, 5.41) is 22.3. The number of hydrogen-bond donors (Lipinski definition) is 2. The van der Waals surface area contributed by atoms with Crippen LogP contribution in [-0.4, -0.2) is 103 Å². The topological polar surface area (TPSA) is 183 Å². The molecule has 0 bridgehead atoms. The molecule has 0 radical (unpaired) electrons. The maximum absolute atomic E-state index is 15.1. The van der Waals surface area contributed by atoms with Gasteiger partial charge in [-0.1, -0.05) is 101 Å². The first kappa shape index (κ1) is 86.7. The van der Waals surface area contributed by atoms with Gasteiger partial charge in [-0.3, -0.25) is 9.59 Å². The molecule has 8 aromatic carbocycles. The first-order valence-corrected chi connectivity index (χ1v) is 38.8. The Morgan fingerprint density at radius 2 is 0.867 bits per heavy atom. The maximum Gasteiger partial charge on any atom is 0.323 e. The first-order chi connectivity index (χ1) is 53.9. The monoisotopic (exact) mass is 1660 g/mol. The van der Waals surface area contributed by atoms with E-state index in [1.165, 1.54) is 42.5 Å². The third-order valence-electron chi connectivity index (χ3n) is 21.3. The fourth-order valence-corrected chi connectivity index (χ4v) is 17.5. The largest absolute Gasteiger partial charge is 0.490 e. The molecule has 2 N–H and O–H groups in total. The number of hydrogen-bond acceptors (Lipinski definition) is 14. The van der Waals surface area contributed by atoms with Crippen LogP contribution in [-0.2, 0) is 57.6 Å². The van der Waals surface area contributed by atoms with Crippen molar-refractivity contribution in [1.29, 1.82) is 0 Å². The van der Waals surface area contributed by atoms with E-state index in [9.17, 15) is 54.6 Å². The van der Waals surface area contributed by atoms with E-state index in [0.29, 0.717) is 59.0 Å². The number of carbonyl (C=O) groups is 2. The molecular weight excluding hydrogens is 1580 g/mol. The summed E-state index contributed by atoms with van der Waals surface area (Å²) in [6.07, 6.45) is 7.94. The number of fused-ring (bicyclic) bond motifs is 4. The average Bonchev–Trinajstić information content (AvgIpc) is 0.748. The second-order valence-corrected chi connectivity index (χ2v) is 32.1. The lowest BCUT2D eigenvalue weighted by molar-refractivity contribution is -0.296. The average molecular weight is 1670 g/mol. The van der Waals surface area contributed by atoms with Gasteiger partial charge in [-0.05, 0) is 184 Å². The SMILES string of the molecule is C=CCC(C(=O)OC)(C(=O)OC)C1COc2c(F)ccc(F)c2C1Cc1ccc(Cl)cc1.C=CCC(CO)(CO)C1COc2c(F)ccc(F)c2C1Cc1ccc(Cl)cc1.C=CCC1(C2COc3c(F)ccc(F)c3C2Cc2ccc(Cl)cc2)COC(C)(C)OC1.O=S(=O)(C1=CCOc2c(F)ccc(F)c21)c1ccc(Cl)cc1. The molecule has 14 nitrogen and oxygen atoms in total. The van der Waals surface area contributed by atoms with Crippen LogP contribution in [0.2, 0.25) is 20.1 Å². The minimum atomic E-state index is -4.02. The summed E-state index contributed by atoms with van der Waals surface area (Å²) >= 11 is 23.7. The number of sulfone groups is 1. The lowest BCUT2D eigenvalue weighted by Gasteiger charge is -2.51. The van der Waals surface area contributed by atoms with E-state index >= 15 is 8.78 Å². The van der Waals surface area contributed by atoms with E-state index in [1.807, 2.05) is 56.3 Å². The van der Waals surface area contributed by atoms with Gasteiger partial charge in [0.25, 0.3) is 0 Å². The van der Waals surface area contributed by atoms with Crippen molar-refractivity contribution in [2.24, 2.45) is 34.0 Å². The van der Waals surface area contributed by atoms with Crippen LogP contribution in [0.25, 0.3) is 4.91 Å². The maximum atomic E-state index is 15.1. The van der Waals surface area contributed by atoms with Gasteiger partial charge in [-0.25, -0.2) is 43.5 Å².